The molecule has 0 amide bonds. The lowest BCUT2D eigenvalue weighted by Crippen LogP contribution is -2.51. The standard InChI is InChI=1S/C17H28O3/c1-16(2)10-5-11-17(3)12(6-9-15(19)20-4)13(18)7-8-14(16)17/h12,14H,5-11H2,1-4H3/t12?,14-,17+/m0/s1. The van der Waals surface area contributed by atoms with Gasteiger partial charge >= 0.3 is 5.97 Å². The lowest BCUT2D eigenvalue weighted by molar-refractivity contribution is -0.147. The van der Waals surface area contributed by atoms with Gasteiger partial charge in [-0.1, -0.05) is 27.2 Å². The number of esters is 1. The Bertz CT molecular complexity index is 399. The molecule has 2 aliphatic rings. The Morgan fingerprint density at radius 1 is 1.30 bits per heavy atom. The summed E-state index contributed by atoms with van der Waals surface area (Å²) in [5.74, 6) is 0.813. The minimum absolute atomic E-state index is 0.0416. The van der Waals surface area contributed by atoms with Crippen molar-refractivity contribution in [3.63, 3.8) is 0 Å². The number of hydrogen-bond acceptors (Lipinski definition) is 3. The first-order valence-electron chi connectivity index (χ1n) is 7.91. The van der Waals surface area contributed by atoms with Gasteiger partial charge in [0.25, 0.3) is 0 Å². The van der Waals surface area contributed by atoms with Gasteiger partial charge in [-0.15, -0.1) is 0 Å². The van der Waals surface area contributed by atoms with E-state index in [1.54, 1.807) is 0 Å². The predicted molar refractivity (Wildman–Crippen MR) is 78.2 cm³/mol. The molecule has 0 N–H and O–H groups in total. The first kappa shape index (κ1) is 15.5. The van der Waals surface area contributed by atoms with E-state index in [0.717, 1.165) is 12.8 Å². The maximum absolute atomic E-state index is 12.4. The Kier molecular flexibility index (Phi) is 4.27. The second-order valence-electron chi connectivity index (χ2n) is 7.57. The van der Waals surface area contributed by atoms with E-state index in [0.29, 0.717) is 36.4 Å². The molecule has 2 saturated carbocycles. The zero-order chi connectivity index (χ0) is 15.0. The van der Waals surface area contributed by atoms with Crippen molar-refractivity contribution in [2.75, 3.05) is 7.11 Å². The normalized spacial score (nSPS) is 36.3. The fourth-order valence-electron chi connectivity index (χ4n) is 4.99. The molecule has 3 heteroatoms. The van der Waals surface area contributed by atoms with E-state index in [4.69, 9.17) is 4.74 Å². The highest BCUT2D eigenvalue weighted by Gasteiger charge is 2.54. The molecule has 2 rings (SSSR count). The molecule has 0 spiro atoms. The summed E-state index contributed by atoms with van der Waals surface area (Å²) in [4.78, 5) is 23.8. The summed E-state index contributed by atoms with van der Waals surface area (Å²) in [6.07, 6.45) is 6.32. The Hall–Kier alpha value is -0.860. The van der Waals surface area contributed by atoms with E-state index in [-0.39, 0.29) is 17.3 Å². The zero-order valence-electron chi connectivity index (χ0n) is 13.3. The summed E-state index contributed by atoms with van der Waals surface area (Å²) in [5, 5.41) is 0. The second-order valence-corrected chi connectivity index (χ2v) is 7.57. The van der Waals surface area contributed by atoms with Crippen LogP contribution in [0, 0.1) is 22.7 Å². The molecule has 20 heavy (non-hydrogen) atoms. The third-order valence-corrected chi connectivity index (χ3v) is 6.00. The minimum Gasteiger partial charge on any atom is -0.469 e. The van der Waals surface area contributed by atoms with Crippen LogP contribution in [0.5, 0.6) is 0 Å². The fourth-order valence-corrected chi connectivity index (χ4v) is 4.99. The SMILES string of the molecule is COC(=O)CCC1C(=O)CC[C@H]2C(C)(C)CCC[C@]12C. The van der Waals surface area contributed by atoms with Crippen LogP contribution in [0.2, 0.25) is 0 Å². The number of ketones is 1. The number of methoxy groups -OCH3 is 1. The van der Waals surface area contributed by atoms with Crippen molar-refractivity contribution in [1.29, 1.82) is 0 Å². The molecule has 0 radical (unpaired) electrons. The van der Waals surface area contributed by atoms with E-state index in [1.807, 2.05) is 0 Å². The van der Waals surface area contributed by atoms with Gasteiger partial charge in [-0.05, 0) is 42.4 Å². The quantitative estimate of drug-likeness (QED) is 0.739. The van der Waals surface area contributed by atoms with Crippen LogP contribution in [0.3, 0.4) is 0 Å². The number of carbonyl (C=O) groups excluding carboxylic acids is 2. The number of fused-ring (bicyclic) bond motifs is 1. The first-order valence-corrected chi connectivity index (χ1v) is 7.91. The molecule has 2 fully saturated rings. The number of carbonyl (C=O) groups is 2. The molecule has 0 bridgehead atoms. The summed E-state index contributed by atoms with van der Waals surface area (Å²) in [5.41, 5.74) is 0.391. The van der Waals surface area contributed by atoms with Crippen molar-refractivity contribution in [3.05, 3.63) is 0 Å². The Morgan fingerprint density at radius 3 is 2.65 bits per heavy atom. The van der Waals surface area contributed by atoms with Crippen LogP contribution in [0.25, 0.3) is 0 Å². The highest BCUT2D eigenvalue weighted by Crippen LogP contribution is 2.59. The van der Waals surface area contributed by atoms with E-state index in [2.05, 4.69) is 20.8 Å². The topological polar surface area (TPSA) is 43.4 Å². The van der Waals surface area contributed by atoms with Crippen LogP contribution in [0.15, 0.2) is 0 Å². The van der Waals surface area contributed by atoms with Crippen molar-refractivity contribution >= 4 is 11.8 Å². The molecular weight excluding hydrogens is 252 g/mol. The molecule has 3 atom stereocenters. The Labute approximate surface area is 122 Å². The third kappa shape index (κ3) is 2.64. The van der Waals surface area contributed by atoms with Crippen LogP contribution >= 0.6 is 0 Å². The molecule has 0 aromatic rings. The van der Waals surface area contributed by atoms with Crippen molar-refractivity contribution in [3.8, 4) is 0 Å². The molecule has 1 unspecified atom stereocenters. The monoisotopic (exact) mass is 280 g/mol. The number of rotatable bonds is 3. The van der Waals surface area contributed by atoms with E-state index >= 15 is 0 Å². The van der Waals surface area contributed by atoms with Crippen molar-refractivity contribution in [2.24, 2.45) is 22.7 Å². The second kappa shape index (κ2) is 5.50. The summed E-state index contributed by atoms with van der Waals surface area (Å²) in [7, 11) is 1.42. The highest BCUT2D eigenvalue weighted by atomic mass is 16.5. The van der Waals surface area contributed by atoms with E-state index < -0.39 is 0 Å². The molecule has 0 saturated heterocycles. The van der Waals surface area contributed by atoms with Gasteiger partial charge in [0.05, 0.1) is 7.11 Å². The zero-order valence-corrected chi connectivity index (χ0v) is 13.3. The van der Waals surface area contributed by atoms with Crippen molar-refractivity contribution < 1.29 is 14.3 Å². The van der Waals surface area contributed by atoms with Gasteiger partial charge in [-0.2, -0.15) is 0 Å². The summed E-state index contributed by atoms with van der Waals surface area (Å²) in [6, 6.07) is 0. The number of hydrogen-bond donors (Lipinski definition) is 0. The van der Waals surface area contributed by atoms with Gasteiger partial charge in [-0.3, -0.25) is 9.59 Å². The summed E-state index contributed by atoms with van der Waals surface area (Å²) in [6.45, 7) is 6.99. The molecule has 0 heterocycles. The van der Waals surface area contributed by atoms with Gasteiger partial charge in [0.1, 0.15) is 5.78 Å². The van der Waals surface area contributed by atoms with Crippen LogP contribution in [0.1, 0.15) is 65.7 Å². The van der Waals surface area contributed by atoms with E-state index in [9.17, 15) is 9.59 Å². The van der Waals surface area contributed by atoms with Crippen molar-refractivity contribution in [2.45, 2.75) is 65.7 Å². The molecule has 2 aliphatic carbocycles. The van der Waals surface area contributed by atoms with Crippen LogP contribution in [-0.2, 0) is 14.3 Å². The first-order chi connectivity index (χ1) is 9.31. The maximum atomic E-state index is 12.4. The number of Topliss-reactive ketones (excluding diaryl/α,β-unsaturated/α-hetero) is 1. The average Bonchev–Trinajstić information content (AvgIpc) is 2.36. The van der Waals surface area contributed by atoms with Gasteiger partial charge in [-0.25, -0.2) is 0 Å². The van der Waals surface area contributed by atoms with Gasteiger partial charge in [0.2, 0.25) is 0 Å². The molecule has 0 aromatic carbocycles. The molecule has 114 valence electrons. The minimum atomic E-state index is -0.196. The van der Waals surface area contributed by atoms with Gasteiger partial charge in [0.15, 0.2) is 0 Å². The number of ether oxygens (including phenoxy) is 1. The van der Waals surface area contributed by atoms with Crippen molar-refractivity contribution in [1.82, 2.24) is 0 Å². The van der Waals surface area contributed by atoms with Gasteiger partial charge in [0, 0.05) is 18.8 Å². The van der Waals surface area contributed by atoms with Crippen LogP contribution < -0.4 is 0 Å². The Balaban J connectivity index is 2.20. The van der Waals surface area contributed by atoms with Gasteiger partial charge < -0.3 is 4.74 Å². The largest absolute Gasteiger partial charge is 0.469 e. The highest BCUT2D eigenvalue weighted by molar-refractivity contribution is 5.83. The smallest absolute Gasteiger partial charge is 0.305 e. The van der Waals surface area contributed by atoms with Crippen LogP contribution in [-0.4, -0.2) is 18.9 Å². The third-order valence-electron chi connectivity index (χ3n) is 6.00. The van der Waals surface area contributed by atoms with Crippen LogP contribution in [0.4, 0.5) is 0 Å². The summed E-state index contributed by atoms with van der Waals surface area (Å²) >= 11 is 0. The molecule has 3 nitrogen and oxygen atoms in total. The summed E-state index contributed by atoms with van der Waals surface area (Å²) < 4.78 is 4.74. The molecule has 0 aliphatic heterocycles. The lowest BCUT2D eigenvalue weighted by atomic mass is 9.47. The molecular formula is C17H28O3. The lowest BCUT2D eigenvalue weighted by Gasteiger charge is -2.56. The molecule has 0 aromatic heterocycles. The predicted octanol–water partition coefficient (Wildman–Crippen LogP) is 3.75. The fraction of sp³-hybridized carbons (Fsp3) is 0.882. The maximum Gasteiger partial charge on any atom is 0.305 e. The average molecular weight is 280 g/mol. The Morgan fingerprint density at radius 2 is 2.00 bits per heavy atom. The van der Waals surface area contributed by atoms with E-state index in [1.165, 1.54) is 20.0 Å².